The van der Waals surface area contributed by atoms with Crippen molar-refractivity contribution in [2.24, 2.45) is 5.92 Å². The van der Waals surface area contributed by atoms with Crippen LogP contribution in [0.3, 0.4) is 0 Å². The van der Waals surface area contributed by atoms with Crippen molar-refractivity contribution in [3.05, 3.63) is 0 Å². The highest BCUT2D eigenvalue weighted by atomic mass is 16.5. The monoisotopic (exact) mass is 382 g/mol. The molecule has 0 aromatic rings. The van der Waals surface area contributed by atoms with E-state index in [4.69, 9.17) is 4.74 Å². The second kappa shape index (κ2) is 21.8. The molecule has 0 atom stereocenters. The van der Waals surface area contributed by atoms with Crippen LogP contribution in [0, 0.1) is 5.92 Å². The first kappa shape index (κ1) is 26.5. The van der Waals surface area contributed by atoms with Crippen LogP contribution < -0.4 is 0 Å². The lowest BCUT2D eigenvalue weighted by atomic mass is 10.0. The van der Waals surface area contributed by atoms with Gasteiger partial charge in [-0.25, -0.2) is 0 Å². The smallest absolute Gasteiger partial charge is 0.305 e. The highest BCUT2D eigenvalue weighted by molar-refractivity contribution is 5.69. The number of carbonyl (C=O) groups excluding carboxylic acids is 1. The number of hydrogen-bond acceptors (Lipinski definition) is 2. The highest BCUT2D eigenvalue weighted by Gasteiger charge is 2.02. The number of esters is 1. The Morgan fingerprint density at radius 2 is 1.07 bits per heavy atom. The zero-order valence-electron chi connectivity index (χ0n) is 19.0. The topological polar surface area (TPSA) is 26.3 Å². The number of carbonyl (C=O) groups is 1. The molecule has 162 valence electrons. The highest BCUT2D eigenvalue weighted by Crippen LogP contribution is 2.14. The normalized spacial score (nSPS) is 11.3. The SMILES string of the molecule is CCCCCCCC(=O)OCCCCCCCCCCCCCCC(C)C. The third-order valence-electron chi connectivity index (χ3n) is 5.42. The molecule has 0 saturated heterocycles. The molecule has 0 aliphatic heterocycles. The van der Waals surface area contributed by atoms with Crippen molar-refractivity contribution in [2.75, 3.05) is 6.61 Å². The average Bonchev–Trinajstić information content (AvgIpc) is 2.64. The summed E-state index contributed by atoms with van der Waals surface area (Å²) in [6, 6.07) is 0. The van der Waals surface area contributed by atoms with Crippen molar-refractivity contribution < 1.29 is 9.53 Å². The molecule has 0 aromatic carbocycles. The predicted octanol–water partition coefficient (Wildman–Crippen LogP) is 8.62. The number of hydrogen-bond donors (Lipinski definition) is 0. The van der Waals surface area contributed by atoms with Crippen molar-refractivity contribution in [1.29, 1.82) is 0 Å². The third-order valence-corrected chi connectivity index (χ3v) is 5.42. The Morgan fingerprint density at radius 1 is 0.630 bits per heavy atom. The lowest BCUT2D eigenvalue weighted by Gasteiger charge is -2.06. The van der Waals surface area contributed by atoms with Gasteiger partial charge in [-0.3, -0.25) is 4.79 Å². The first-order valence-corrected chi connectivity index (χ1v) is 12.3. The van der Waals surface area contributed by atoms with Crippen molar-refractivity contribution >= 4 is 5.97 Å². The van der Waals surface area contributed by atoms with Crippen molar-refractivity contribution in [3.63, 3.8) is 0 Å². The minimum Gasteiger partial charge on any atom is -0.466 e. The minimum atomic E-state index is 0.00991. The van der Waals surface area contributed by atoms with Crippen LogP contribution in [-0.4, -0.2) is 12.6 Å². The fourth-order valence-corrected chi connectivity index (χ4v) is 3.55. The van der Waals surface area contributed by atoms with Crippen LogP contribution in [0.4, 0.5) is 0 Å². The van der Waals surface area contributed by atoms with Gasteiger partial charge in [-0.15, -0.1) is 0 Å². The number of rotatable bonds is 21. The van der Waals surface area contributed by atoms with E-state index >= 15 is 0 Å². The summed E-state index contributed by atoms with van der Waals surface area (Å²) in [6.45, 7) is 7.49. The molecule has 0 aliphatic rings. The second-order valence-corrected chi connectivity index (χ2v) is 8.81. The van der Waals surface area contributed by atoms with Crippen LogP contribution in [0.5, 0.6) is 0 Å². The van der Waals surface area contributed by atoms with E-state index in [0.29, 0.717) is 13.0 Å². The summed E-state index contributed by atoms with van der Waals surface area (Å²) in [5.74, 6) is 0.882. The van der Waals surface area contributed by atoms with Gasteiger partial charge in [-0.2, -0.15) is 0 Å². The minimum absolute atomic E-state index is 0.00991. The van der Waals surface area contributed by atoms with E-state index in [1.165, 1.54) is 103 Å². The van der Waals surface area contributed by atoms with Crippen LogP contribution in [0.25, 0.3) is 0 Å². The Morgan fingerprint density at radius 3 is 1.59 bits per heavy atom. The summed E-state index contributed by atoms with van der Waals surface area (Å²) < 4.78 is 5.32. The summed E-state index contributed by atoms with van der Waals surface area (Å²) in [5, 5.41) is 0. The molecule has 0 amide bonds. The summed E-state index contributed by atoms with van der Waals surface area (Å²) in [7, 11) is 0. The predicted molar refractivity (Wildman–Crippen MR) is 119 cm³/mol. The fourth-order valence-electron chi connectivity index (χ4n) is 3.55. The van der Waals surface area contributed by atoms with Gasteiger partial charge in [-0.1, -0.05) is 124 Å². The van der Waals surface area contributed by atoms with Crippen LogP contribution in [0.1, 0.15) is 143 Å². The molecule has 0 fully saturated rings. The molecule has 0 saturated carbocycles. The Labute approximate surface area is 171 Å². The molecular formula is C25H50O2. The molecular weight excluding hydrogens is 332 g/mol. The molecule has 0 bridgehead atoms. The molecule has 0 heterocycles. The first-order chi connectivity index (χ1) is 13.2. The van der Waals surface area contributed by atoms with Gasteiger partial charge in [-0.05, 0) is 18.8 Å². The van der Waals surface area contributed by atoms with Crippen molar-refractivity contribution in [3.8, 4) is 0 Å². The van der Waals surface area contributed by atoms with Crippen LogP contribution in [0.2, 0.25) is 0 Å². The van der Waals surface area contributed by atoms with Gasteiger partial charge >= 0.3 is 5.97 Å². The van der Waals surface area contributed by atoms with Crippen LogP contribution in [-0.2, 0) is 9.53 Å². The summed E-state index contributed by atoms with van der Waals surface area (Å²) in [6.07, 6.45) is 24.2. The average molecular weight is 383 g/mol. The Balaban J connectivity index is 3.11. The maximum absolute atomic E-state index is 11.6. The van der Waals surface area contributed by atoms with Crippen molar-refractivity contribution in [1.82, 2.24) is 0 Å². The van der Waals surface area contributed by atoms with Crippen LogP contribution >= 0.6 is 0 Å². The Bertz CT molecular complexity index is 299. The number of ether oxygens (including phenoxy) is 1. The molecule has 0 radical (unpaired) electrons. The fraction of sp³-hybridized carbons (Fsp3) is 0.960. The molecule has 27 heavy (non-hydrogen) atoms. The van der Waals surface area contributed by atoms with E-state index in [0.717, 1.165) is 18.8 Å². The third kappa shape index (κ3) is 23.4. The first-order valence-electron chi connectivity index (χ1n) is 12.3. The molecule has 0 aliphatic carbocycles. The maximum atomic E-state index is 11.6. The van der Waals surface area contributed by atoms with E-state index < -0.39 is 0 Å². The van der Waals surface area contributed by atoms with E-state index in [2.05, 4.69) is 20.8 Å². The van der Waals surface area contributed by atoms with Gasteiger partial charge in [0.1, 0.15) is 0 Å². The summed E-state index contributed by atoms with van der Waals surface area (Å²) in [4.78, 5) is 11.6. The molecule has 2 heteroatoms. The quantitative estimate of drug-likeness (QED) is 0.147. The van der Waals surface area contributed by atoms with E-state index in [1.54, 1.807) is 0 Å². The van der Waals surface area contributed by atoms with Gasteiger partial charge in [0.2, 0.25) is 0 Å². The Kier molecular flexibility index (Phi) is 21.3. The summed E-state index contributed by atoms with van der Waals surface area (Å²) >= 11 is 0. The molecule has 0 N–H and O–H groups in total. The second-order valence-electron chi connectivity index (χ2n) is 8.81. The van der Waals surface area contributed by atoms with E-state index in [-0.39, 0.29) is 5.97 Å². The molecule has 0 spiro atoms. The lowest BCUT2D eigenvalue weighted by Crippen LogP contribution is -2.05. The zero-order chi connectivity index (χ0) is 20.0. The van der Waals surface area contributed by atoms with Gasteiger partial charge in [0.15, 0.2) is 0 Å². The molecule has 0 unspecified atom stereocenters. The van der Waals surface area contributed by atoms with Gasteiger partial charge in [0.25, 0.3) is 0 Å². The zero-order valence-corrected chi connectivity index (χ0v) is 19.0. The van der Waals surface area contributed by atoms with E-state index in [1.807, 2.05) is 0 Å². The van der Waals surface area contributed by atoms with Gasteiger partial charge in [0, 0.05) is 6.42 Å². The van der Waals surface area contributed by atoms with E-state index in [9.17, 15) is 4.79 Å². The lowest BCUT2D eigenvalue weighted by molar-refractivity contribution is -0.143. The molecule has 2 nitrogen and oxygen atoms in total. The van der Waals surface area contributed by atoms with Gasteiger partial charge in [0.05, 0.1) is 6.61 Å². The Hall–Kier alpha value is -0.530. The van der Waals surface area contributed by atoms with Crippen LogP contribution in [0.15, 0.2) is 0 Å². The van der Waals surface area contributed by atoms with Gasteiger partial charge < -0.3 is 4.74 Å². The molecule has 0 rings (SSSR count). The van der Waals surface area contributed by atoms with Crippen molar-refractivity contribution in [2.45, 2.75) is 143 Å². The standard InChI is InChI=1S/C25H50O2/c1-4-5-6-15-19-22-25(26)27-23-20-17-14-12-10-8-7-9-11-13-16-18-21-24(2)3/h24H,4-23H2,1-3H3. The largest absolute Gasteiger partial charge is 0.466 e. The summed E-state index contributed by atoms with van der Waals surface area (Å²) in [5.41, 5.74) is 0. The molecule has 0 aromatic heterocycles. The maximum Gasteiger partial charge on any atom is 0.305 e. The number of unbranched alkanes of at least 4 members (excludes halogenated alkanes) is 15.